The minimum atomic E-state index is -1.45. The summed E-state index contributed by atoms with van der Waals surface area (Å²) < 4.78 is 18.5. The smallest absolute Gasteiger partial charge is 0.407 e. The molecule has 1 N–H and O–H groups in total. The van der Waals surface area contributed by atoms with Gasteiger partial charge in [-0.1, -0.05) is 138 Å². The number of esters is 1. The van der Waals surface area contributed by atoms with E-state index in [-0.39, 0.29) is 19.1 Å². The first-order chi connectivity index (χ1) is 23.6. The van der Waals surface area contributed by atoms with Gasteiger partial charge in [0, 0.05) is 27.6 Å². The molecule has 250 valence electrons. The molecule has 6 rings (SSSR count). The van der Waals surface area contributed by atoms with Crippen molar-refractivity contribution >= 4 is 23.7 Å². The molecule has 2 atom stereocenters. The Morgan fingerprint density at radius 1 is 0.735 bits per heavy atom. The van der Waals surface area contributed by atoms with Crippen LogP contribution in [-0.2, 0) is 24.6 Å². The molecule has 1 unspecified atom stereocenters. The molecule has 0 aliphatic heterocycles. The minimum Gasteiger partial charge on any atom is -0.449 e. The summed E-state index contributed by atoms with van der Waals surface area (Å²) in [6.45, 7) is 7.59. The van der Waals surface area contributed by atoms with Crippen LogP contribution in [-0.4, -0.2) is 36.9 Å². The van der Waals surface area contributed by atoms with Crippen molar-refractivity contribution in [2.75, 3.05) is 13.2 Å². The highest BCUT2D eigenvalue weighted by atomic mass is 35.5. The molecule has 0 aromatic heterocycles. The summed E-state index contributed by atoms with van der Waals surface area (Å²) in [6, 6.07) is 39.6. The molecule has 0 radical (unpaired) electrons. The average Bonchev–Trinajstić information content (AvgIpc) is 3.42. The molecule has 7 heteroatoms. The fourth-order valence-corrected chi connectivity index (χ4v) is 6.63. The number of hydrogen-bond donors (Lipinski definition) is 1. The van der Waals surface area contributed by atoms with Gasteiger partial charge in [-0.3, -0.25) is 0 Å². The third-order valence-corrected chi connectivity index (χ3v) is 9.08. The Hall–Kier alpha value is -4.91. The standard InChI is InChI=1S/C42H40ClNO5/c1-28-22-24-30(25-23-28)42(29-14-6-5-7-15-29,36-20-12-13-21-37(36)43)49-39(45)38(27-48-41(2,3)4)44-40(46)47-26-35-33-18-10-8-16-31(33)32-17-9-11-19-34(32)35/h5-25,35,38H,26-27H2,1-4H3,(H,44,46)/t38-,42?/m0/s1. The lowest BCUT2D eigenvalue weighted by Crippen LogP contribution is -2.49. The predicted octanol–water partition coefficient (Wildman–Crippen LogP) is 9.21. The molecule has 1 amide bonds. The Bertz CT molecular complexity index is 1890. The Labute approximate surface area is 293 Å². The van der Waals surface area contributed by atoms with E-state index in [9.17, 15) is 9.59 Å². The first kappa shape index (κ1) is 34.0. The van der Waals surface area contributed by atoms with E-state index in [0.29, 0.717) is 21.7 Å². The van der Waals surface area contributed by atoms with Crippen LogP contribution in [0.15, 0.2) is 127 Å². The number of carbonyl (C=O) groups excluding carboxylic acids is 2. The van der Waals surface area contributed by atoms with Crippen molar-refractivity contribution in [2.45, 2.75) is 50.9 Å². The van der Waals surface area contributed by atoms with E-state index in [1.54, 1.807) is 6.07 Å². The van der Waals surface area contributed by atoms with Gasteiger partial charge in [0.05, 0.1) is 12.2 Å². The summed E-state index contributed by atoms with van der Waals surface area (Å²) in [5, 5.41) is 3.19. The lowest BCUT2D eigenvalue weighted by Gasteiger charge is -2.37. The largest absolute Gasteiger partial charge is 0.449 e. The second kappa shape index (κ2) is 14.3. The summed E-state index contributed by atoms with van der Waals surface area (Å²) in [5.41, 5.74) is 5.40. The number of fused-ring (bicyclic) bond motifs is 3. The van der Waals surface area contributed by atoms with Crippen LogP contribution >= 0.6 is 11.6 Å². The van der Waals surface area contributed by atoms with Gasteiger partial charge in [0.2, 0.25) is 0 Å². The Balaban J connectivity index is 1.32. The van der Waals surface area contributed by atoms with Crippen molar-refractivity contribution in [2.24, 2.45) is 0 Å². The number of halogens is 1. The molecule has 1 aliphatic rings. The monoisotopic (exact) mass is 673 g/mol. The molecule has 0 heterocycles. The average molecular weight is 674 g/mol. The van der Waals surface area contributed by atoms with Gasteiger partial charge in [-0.15, -0.1) is 0 Å². The molecule has 6 nitrogen and oxygen atoms in total. The number of aryl methyl sites for hydroxylation is 1. The van der Waals surface area contributed by atoms with E-state index >= 15 is 0 Å². The van der Waals surface area contributed by atoms with Crippen molar-refractivity contribution < 1.29 is 23.8 Å². The van der Waals surface area contributed by atoms with E-state index in [0.717, 1.165) is 27.8 Å². The number of hydrogen-bond acceptors (Lipinski definition) is 5. The van der Waals surface area contributed by atoms with Crippen molar-refractivity contribution in [3.63, 3.8) is 0 Å². The summed E-state index contributed by atoms with van der Waals surface area (Å²) in [4.78, 5) is 28.0. The lowest BCUT2D eigenvalue weighted by molar-refractivity contribution is -0.159. The maximum Gasteiger partial charge on any atom is 0.407 e. The SMILES string of the molecule is Cc1ccc(C(OC(=O)[C@H](COC(C)(C)C)NC(=O)OCC2c3ccccc3-c3ccccc32)(c2ccccc2)c2ccccc2Cl)cc1. The molecule has 0 fully saturated rings. The zero-order valence-corrected chi connectivity index (χ0v) is 28.9. The second-order valence-corrected chi connectivity index (χ2v) is 13.7. The van der Waals surface area contributed by atoms with Crippen LogP contribution in [0.3, 0.4) is 0 Å². The molecular formula is C42H40ClNO5. The third-order valence-electron chi connectivity index (χ3n) is 8.75. The number of amides is 1. The van der Waals surface area contributed by atoms with Gasteiger partial charge in [0.25, 0.3) is 0 Å². The Morgan fingerprint density at radius 2 is 1.29 bits per heavy atom. The third kappa shape index (κ3) is 7.26. The Morgan fingerprint density at radius 3 is 1.90 bits per heavy atom. The highest BCUT2D eigenvalue weighted by Gasteiger charge is 2.44. The van der Waals surface area contributed by atoms with Crippen LogP contribution in [0.2, 0.25) is 5.02 Å². The zero-order chi connectivity index (χ0) is 34.6. The molecule has 0 spiro atoms. The molecule has 0 bridgehead atoms. The maximum absolute atomic E-state index is 14.5. The van der Waals surface area contributed by atoms with Crippen LogP contribution in [0.5, 0.6) is 0 Å². The number of nitrogens with one attached hydrogen (secondary N) is 1. The number of alkyl carbamates (subject to hydrolysis) is 1. The van der Waals surface area contributed by atoms with E-state index in [4.69, 9.17) is 25.8 Å². The van der Waals surface area contributed by atoms with Gasteiger partial charge in [-0.25, -0.2) is 9.59 Å². The van der Waals surface area contributed by atoms with Crippen LogP contribution in [0.25, 0.3) is 11.1 Å². The van der Waals surface area contributed by atoms with Crippen LogP contribution in [0, 0.1) is 6.92 Å². The van der Waals surface area contributed by atoms with Gasteiger partial charge in [-0.05, 0) is 56.0 Å². The fraction of sp³-hybridized carbons (Fsp3) is 0.238. The second-order valence-electron chi connectivity index (χ2n) is 13.3. The van der Waals surface area contributed by atoms with Gasteiger partial charge < -0.3 is 19.5 Å². The normalized spacial score (nSPS) is 14.2. The summed E-state index contributed by atoms with van der Waals surface area (Å²) in [5.74, 6) is -0.844. The highest BCUT2D eigenvalue weighted by molar-refractivity contribution is 6.31. The topological polar surface area (TPSA) is 73.9 Å². The number of benzene rings is 5. The van der Waals surface area contributed by atoms with Gasteiger partial charge in [0.15, 0.2) is 11.6 Å². The van der Waals surface area contributed by atoms with Crippen LogP contribution in [0.1, 0.15) is 60.1 Å². The van der Waals surface area contributed by atoms with E-state index < -0.39 is 29.3 Å². The molecule has 0 saturated heterocycles. The van der Waals surface area contributed by atoms with E-state index in [1.807, 2.05) is 125 Å². The summed E-state index contributed by atoms with van der Waals surface area (Å²) >= 11 is 6.88. The lowest BCUT2D eigenvalue weighted by atomic mass is 9.79. The van der Waals surface area contributed by atoms with E-state index in [2.05, 4.69) is 29.6 Å². The minimum absolute atomic E-state index is 0.0959. The predicted molar refractivity (Wildman–Crippen MR) is 193 cm³/mol. The van der Waals surface area contributed by atoms with Gasteiger partial charge in [-0.2, -0.15) is 0 Å². The summed E-state index contributed by atoms with van der Waals surface area (Å²) in [6.07, 6.45) is -0.750. The molecule has 1 aliphatic carbocycles. The maximum atomic E-state index is 14.5. The number of rotatable bonds is 10. The molecule has 0 saturated carbocycles. The number of ether oxygens (including phenoxy) is 3. The molecule has 5 aromatic carbocycles. The first-order valence-electron chi connectivity index (χ1n) is 16.4. The van der Waals surface area contributed by atoms with Crippen molar-refractivity contribution in [1.82, 2.24) is 5.32 Å². The Kier molecular flexibility index (Phi) is 9.91. The van der Waals surface area contributed by atoms with Gasteiger partial charge >= 0.3 is 12.1 Å². The molecular weight excluding hydrogens is 634 g/mol. The van der Waals surface area contributed by atoms with Crippen molar-refractivity contribution in [1.29, 1.82) is 0 Å². The fourth-order valence-electron chi connectivity index (χ4n) is 6.36. The zero-order valence-electron chi connectivity index (χ0n) is 28.1. The van der Waals surface area contributed by atoms with E-state index in [1.165, 1.54) is 0 Å². The van der Waals surface area contributed by atoms with Gasteiger partial charge in [0.1, 0.15) is 6.61 Å². The van der Waals surface area contributed by atoms with Crippen molar-refractivity contribution in [3.8, 4) is 11.1 Å². The first-order valence-corrected chi connectivity index (χ1v) is 16.8. The highest BCUT2D eigenvalue weighted by Crippen LogP contribution is 2.45. The molecule has 5 aromatic rings. The number of carbonyl (C=O) groups is 2. The van der Waals surface area contributed by atoms with Crippen molar-refractivity contribution in [3.05, 3.63) is 166 Å². The molecule has 49 heavy (non-hydrogen) atoms. The quantitative estimate of drug-likeness (QED) is 0.118. The summed E-state index contributed by atoms with van der Waals surface area (Å²) in [7, 11) is 0. The van der Waals surface area contributed by atoms with Crippen LogP contribution in [0.4, 0.5) is 4.79 Å². The van der Waals surface area contributed by atoms with Crippen LogP contribution < -0.4 is 5.32 Å².